The molecule has 0 saturated heterocycles. The Kier molecular flexibility index (Phi) is 21.5. The second kappa shape index (κ2) is 21.2. The molecule has 0 unspecified atom stereocenters. The molecule has 0 spiro atoms. The Labute approximate surface area is 146 Å². The first kappa shape index (κ1) is 22.2. The van der Waals surface area contributed by atoms with E-state index >= 15 is 0 Å². The molecular formula is C20H42ClN. The number of hydrogen-bond acceptors (Lipinski definition) is 1. The average Bonchev–Trinajstić information content (AvgIpc) is 2.54. The van der Waals surface area contributed by atoms with Crippen molar-refractivity contribution in [3.05, 3.63) is 0 Å². The summed E-state index contributed by atoms with van der Waals surface area (Å²) >= 11 is 5.43. The molecule has 0 fully saturated rings. The van der Waals surface area contributed by atoms with E-state index in [-0.39, 0.29) is 0 Å². The Morgan fingerprint density at radius 3 is 1.00 bits per heavy atom. The molecule has 0 aliphatic carbocycles. The lowest BCUT2D eigenvalue weighted by molar-refractivity contribution is 0.525. The van der Waals surface area contributed by atoms with Crippen molar-refractivity contribution >= 4 is 11.8 Å². The van der Waals surface area contributed by atoms with Crippen molar-refractivity contribution in [2.75, 3.05) is 6.54 Å². The summed E-state index contributed by atoms with van der Waals surface area (Å²) < 4.78 is 0. The number of unbranched alkanes of at least 4 members (excludes halogenated alkanes) is 17. The summed E-state index contributed by atoms with van der Waals surface area (Å²) in [6, 6.07) is 0. The van der Waals surface area contributed by atoms with E-state index in [0.29, 0.717) is 0 Å². The average molecular weight is 332 g/mol. The van der Waals surface area contributed by atoms with Crippen molar-refractivity contribution in [3.63, 3.8) is 0 Å². The Bertz CT molecular complexity index is 165. The molecule has 0 aromatic rings. The van der Waals surface area contributed by atoms with Crippen LogP contribution in [0, 0.1) is 0 Å². The van der Waals surface area contributed by atoms with Gasteiger partial charge in [0.05, 0.1) is 0 Å². The van der Waals surface area contributed by atoms with Gasteiger partial charge in [-0.2, -0.15) is 0 Å². The summed E-state index contributed by atoms with van der Waals surface area (Å²) in [5, 5.41) is 0. The van der Waals surface area contributed by atoms with Crippen LogP contribution < -0.4 is 4.84 Å². The maximum atomic E-state index is 5.43. The first-order valence-electron chi connectivity index (χ1n) is 10.2. The second-order valence-electron chi connectivity index (χ2n) is 6.89. The summed E-state index contributed by atoms with van der Waals surface area (Å²) in [5.41, 5.74) is 0. The zero-order valence-corrected chi connectivity index (χ0v) is 16.1. The molecule has 0 atom stereocenters. The highest BCUT2D eigenvalue weighted by Gasteiger charge is 1.94. The van der Waals surface area contributed by atoms with E-state index in [9.17, 15) is 0 Å². The molecule has 0 rings (SSSR count). The van der Waals surface area contributed by atoms with E-state index in [0.717, 1.165) is 6.54 Å². The SMILES string of the molecule is CCCCCCCCCCCCCCCCCCCCNCl. The van der Waals surface area contributed by atoms with Gasteiger partial charge in [0.15, 0.2) is 0 Å². The second-order valence-corrected chi connectivity index (χ2v) is 7.16. The van der Waals surface area contributed by atoms with Crippen LogP contribution in [0.5, 0.6) is 0 Å². The smallest absolute Gasteiger partial charge is 0.0108 e. The fraction of sp³-hybridized carbons (Fsp3) is 1.00. The van der Waals surface area contributed by atoms with Crippen molar-refractivity contribution in [2.24, 2.45) is 0 Å². The van der Waals surface area contributed by atoms with E-state index in [4.69, 9.17) is 11.8 Å². The Morgan fingerprint density at radius 2 is 0.727 bits per heavy atom. The van der Waals surface area contributed by atoms with Gasteiger partial charge in [-0.25, -0.2) is 4.84 Å². The van der Waals surface area contributed by atoms with Crippen molar-refractivity contribution < 1.29 is 0 Å². The van der Waals surface area contributed by atoms with Crippen LogP contribution >= 0.6 is 11.8 Å². The molecule has 0 heterocycles. The minimum Gasteiger partial charge on any atom is -0.234 e. The van der Waals surface area contributed by atoms with Crippen molar-refractivity contribution in [1.29, 1.82) is 0 Å². The number of halogens is 1. The standard InChI is InChI=1S/C20H42ClN/c1-2-3-4-5-6-7-8-9-10-11-12-13-14-15-16-17-18-19-20-22-21/h22H,2-20H2,1H3. The number of rotatable bonds is 19. The first-order valence-corrected chi connectivity index (χ1v) is 10.6. The molecular weight excluding hydrogens is 290 g/mol. The molecule has 0 radical (unpaired) electrons. The molecule has 22 heavy (non-hydrogen) atoms. The molecule has 1 N–H and O–H groups in total. The summed E-state index contributed by atoms with van der Waals surface area (Å²) in [7, 11) is 0. The topological polar surface area (TPSA) is 12.0 Å². The van der Waals surface area contributed by atoms with Gasteiger partial charge in [0.2, 0.25) is 0 Å². The minimum atomic E-state index is 0.959. The van der Waals surface area contributed by atoms with Crippen LogP contribution in [0.15, 0.2) is 0 Å². The highest BCUT2D eigenvalue weighted by atomic mass is 35.5. The van der Waals surface area contributed by atoms with Crippen molar-refractivity contribution in [3.8, 4) is 0 Å². The van der Waals surface area contributed by atoms with Crippen LogP contribution in [0.2, 0.25) is 0 Å². The van der Waals surface area contributed by atoms with Crippen molar-refractivity contribution in [1.82, 2.24) is 4.84 Å². The third kappa shape index (κ3) is 20.2. The van der Waals surface area contributed by atoms with Gasteiger partial charge in [-0.05, 0) is 18.2 Å². The quantitative estimate of drug-likeness (QED) is 0.188. The lowest BCUT2D eigenvalue weighted by Crippen LogP contribution is -1.99. The lowest BCUT2D eigenvalue weighted by atomic mass is 10.0. The van der Waals surface area contributed by atoms with Gasteiger partial charge < -0.3 is 0 Å². The van der Waals surface area contributed by atoms with E-state index in [1.54, 1.807) is 0 Å². The Morgan fingerprint density at radius 1 is 0.455 bits per heavy atom. The highest BCUT2D eigenvalue weighted by Crippen LogP contribution is 2.14. The molecule has 0 bridgehead atoms. The van der Waals surface area contributed by atoms with E-state index in [1.165, 1.54) is 116 Å². The third-order valence-electron chi connectivity index (χ3n) is 4.62. The molecule has 0 amide bonds. The Hall–Kier alpha value is 0.250. The zero-order valence-electron chi connectivity index (χ0n) is 15.3. The Balaban J connectivity index is 2.91. The first-order chi connectivity index (χ1) is 10.9. The van der Waals surface area contributed by atoms with E-state index in [2.05, 4.69) is 11.8 Å². The van der Waals surface area contributed by atoms with Gasteiger partial charge in [0.25, 0.3) is 0 Å². The largest absolute Gasteiger partial charge is 0.234 e. The number of nitrogens with one attached hydrogen (secondary N) is 1. The summed E-state index contributed by atoms with van der Waals surface area (Å²) in [6.07, 6.45) is 25.7. The molecule has 0 aromatic heterocycles. The maximum absolute atomic E-state index is 5.43. The summed E-state index contributed by atoms with van der Waals surface area (Å²) in [6.45, 7) is 3.25. The predicted molar refractivity (Wildman–Crippen MR) is 103 cm³/mol. The molecule has 0 aliphatic rings. The minimum absolute atomic E-state index is 0.959. The lowest BCUT2D eigenvalue weighted by Gasteiger charge is -2.03. The maximum Gasteiger partial charge on any atom is 0.0108 e. The molecule has 0 aromatic carbocycles. The molecule has 0 saturated carbocycles. The van der Waals surface area contributed by atoms with Gasteiger partial charge >= 0.3 is 0 Å². The predicted octanol–water partition coefficient (Wildman–Crippen LogP) is 7.77. The van der Waals surface area contributed by atoms with Gasteiger partial charge in [-0.15, -0.1) is 0 Å². The van der Waals surface area contributed by atoms with Gasteiger partial charge in [0, 0.05) is 6.54 Å². The molecule has 1 nitrogen and oxygen atoms in total. The van der Waals surface area contributed by atoms with Crippen LogP contribution in [-0.4, -0.2) is 6.54 Å². The van der Waals surface area contributed by atoms with Gasteiger partial charge in [-0.1, -0.05) is 116 Å². The fourth-order valence-electron chi connectivity index (χ4n) is 3.09. The van der Waals surface area contributed by atoms with E-state index < -0.39 is 0 Å². The molecule has 134 valence electrons. The summed E-state index contributed by atoms with van der Waals surface area (Å²) in [5.74, 6) is 0. The fourth-order valence-corrected chi connectivity index (χ4v) is 3.23. The highest BCUT2D eigenvalue weighted by molar-refractivity contribution is 6.13. The normalized spacial score (nSPS) is 11.2. The third-order valence-corrected chi connectivity index (χ3v) is 4.81. The van der Waals surface area contributed by atoms with Crippen LogP contribution in [-0.2, 0) is 0 Å². The molecule has 0 aliphatic heterocycles. The van der Waals surface area contributed by atoms with E-state index in [1.807, 2.05) is 0 Å². The van der Waals surface area contributed by atoms with Crippen LogP contribution in [0.3, 0.4) is 0 Å². The molecule has 2 heteroatoms. The van der Waals surface area contributed by atoms with Crippen LogP contribution in [0.4, 0.5) is 0 Å². The van der Waals surface area contributed by atoms with Gasteiger partial charge in [0.1, 0.15) is 0 Å². The zero-order chi connectivity index (χ0) is 16.1. The van der Waals surface area contributed by atoms with Gasteiger partial charge in [-0.3, -0.25) is 0 Å². The van der Waals surface area contributed by atoms with Crippen molar-refractivity contribution in [2.45, 2.75) is 122 Å². The van der Waals surface area contributed by atoms with Crippen LogP contribution in [0.25, 0.3) is 0 Å². The monoisotopic (exact) mass is 331 g/mol. The summed E-state index contributed by atoms with van der Waals surface area (Å²) in [4.78, 5) is 2.69. The number of hydrogen-bond donors (Lipinski definition) is 1. The van der Waals surface area contributed by atoms with Crippen LogP contribution in [0.1, 0.15) is 122 Å².